The molecule has 1 N–H and O–H groups in total. The standard InChI is InChI=1S/C16H33N3/c1-14(2)17-15-7-6-10-19(13-15)12-11-18(3)16-8-4-5-9-16/h14-17H,4-13H2,1-3H3. The summed E-state index contributed by atoms with van der Waals surface area (Å²) < 4.78 is 0. The van der Waals surface area contributed by atoms with Crippen LogP contribution in [0.25, 0.3) is 0 Å². The van der Waals surface area contributed by atoms with E-state index in [1.165, 1.54) is 64.7 Å². The largest absolute Gasteiger partial charge is 0.311 e. The van der Waals surface area contributed by atoms with Crippen molar-refractivity contribution in [3.63, 3.8) is 0 Å². The van der Waals surface area contributed by atoms with Crippen LogP contribution in [0.1, 0.15) is 52.4 Å². The quantitative estimate of drug-likeness (QED) is 0.797. The molecule has 2 fully saturated rings. The van der Waals surface area contributed by atoms with Crippen molar-refractivity contribution in [2.45, 2.75) is 70.5 Å². The molecule has 0 amide bonds. The molecule has 2 aliphatic rings. The Labute approximate surface area is 119 Å². The van der Waals surface area contributed by atoms with Gasteiger partial charge in [0.1, 0.15) is 0 Å². The number of likely N-dealkylation sites (tertiary alicyclic amines) is 1. The van der Waals surface area contributed by atoms with E-state index >= 15 is 0 Å². The van der Waals surface area contributed by atoms with Crippen LogP contribution in [0.4, 0.5) is 0 Å². The molecule has 1 saturated carbocycles. The van der Waals surface area contributed by atoms with Crippen molar-refractivity contribution in [1.82, 2.24) is 15.1 Å². The summed E-state index contributed by atoms with van der Waals surface area (Å²) in [5.74, 6) is 0. The number of hydrogen-bond donors (Lipinski definition) is 1. The van der Waals surface area contributed by atoms with E-state index in [0.29, 0.717) is 12.1 Å². The Morgan fingerprint density at radius 1 is 1.16 bits per heavy atom. The summed E-state index contributed by atoms with van der Waals surface area (Å²) >= 11 is 0. The van der Waals surface area contributed by atoms with Crippen LogP contribution < -0.4 is 5.32 Å². The molecule has 3 heteroatoms. The Morgan fingerprint density at radius 3 is 2.58 bits per heavy atom. The molecule has 1 unspecified atom stereocenters. The van der Waals surface area contributed by atoms with Crippen molar-refractivity contribution >= 4 is 0 Å². The highest BCUT2D eigenvalue weighted by atomic mass is 15.2. The molecular formula is C16H33N3. The molecule has 0 spiro atoms. The molecule has 1 aliphatic carbocycles. The van der Waals surface area contributed by atoms with E-state index < -0.39 is 0 Å². The first-order chi connectivity index (χ1) is 9.15. The van der Waals surface area contributed by atoms with E-state index in [1.54, 1.807) is 0 Å². The van der Waals surface area contributed by atoms with Crippen LogP contribution in [-0.4, -0.2) is 61.2 Å². The summed E-state index contributed by atoms with van der Waals surface area (Å²) in [5, 5.41) is 3.70. The van der Waals surface area contributed by atoms with Crippen molar-refractivity contribution in [3.05, 3.63) is 0 Å². The minimum atomic E-state index is 0.617. The third kappa shape index (κ3) is 5.05. The minimum absolute atomic E-state index is 0.617. The monoisotopic (exact) mass is 267 g/mol. The van der Waals surface area contributed by atoms with Gasteiger partial charge in [-0.2, -0.15) is 0 Å². The number of hydrogen-bond acceptors (Lipinski definition) is 3. The number of piperidine rings is 1. The molecule has 112 valence electrons. The van der Waals surface area contributed by atoms with Gasteiger partial charge in [0.05, 0.1) is 0 Å². The molecule has 1 aliphatic heterocycles. The van der Waals surface area contributed by atoms with Gasteiger partial charge < -0.3 is 15.1 Å². The van der Waals surface area contributed by atoms with Gasteiger partial charge >= 0.3 is 0 Å². The third-order valence-electron chi connectivity index (χ3n) is 4.79. The predicted molar refractivity (Wildman–Crippen MR) is 82.6 cm³/mol. The average Bonchev–Trinajstić information content (AvgIpc) is 2.89. The van der Waals surface area contributed by atoms with Gasteiger partial charge in [-0.1, -0.05) is 26.7 Å². The summed E-state index contributed by atoms with van der Waals surface area (Å²) in [4.78, 5) is 5.27. The summed E-state index contributed by atoms with van der Waals surface area (Å²) in [6.07, 6.45) is 8.45. The Morgan fingerprint density at radius 2 is 1.89 bits per heavy atom. The SMILES string of the molecule is CC(C)NC1CCCN(CCN(C)C2CCCC2)C1. The van der Waals surface area contributed by atoms with E-state index in [1.807, 2.05) is 0 Å². The van der Waals surface area contributed by atoms with Crippen LogP contribution in [-0.2, 0) is 0 Å². The molecule has 1 heterocycles. The average molecular weight is 267 g/mol. The number of rotatable bonds is 6. The van der Waals surface area contributed by atoms with Crippen LogP contribution in [0.2, 0.25) is 0 Å². The Hall–Kier alpha value is -0.120. The number of likely N-dealkylation sites (N-methyl/N-ethyl adjacent to an activating group) is 1. The maximum Gasteiger partial charge on any atom is 0.0197 e. The van der Waals surface area contributed by atoms with Crippen molar-refractivity contribution in [2.75, 3.05) is 33.2 Å². The summed E-state index contributed by atoms with van der Waals surface area (Å²) in [7, 11) is 2.32. The fourth-order valence-corrected chi connectivity index (χ4v) is 3.69. The lowest BCUT2D eigenvalue weighted by atomic mass is 10.0. The molecule has 1 saturated heterocycles. The summed E-state index contributed by atoms with van der Waals surface area (Å²) in [6.45, 7) is 9.56. The van der Waals surface area contributed by atoms with Gasteiger partial charge in [0.25, 0.3) is 0 Å². The molecule has 19 heavy (non-hydrogen) atoms. The van der Waals surface area contributed by atoms with Crippen molar-refractivity contribution in [3.8, 4) is 0 Å². The van der Waals surface area contributed by atoms with Crippen molar-refractivity contribution in [1.29, 1.82) is 0 Å². The number of nitrogens with zero attached hydrogens (tertiary/aromatic N) is 2. The topological polar surface area (TPSA) is 18.5 Å². The second kappa shape index (κ2) is 7.61. The van der Waals surface area contributed by atoms with Crippen LogP contribution in [0.3, 0.4) is 0 Å². The van der Waals surface area contributed by atoms with Crippen LogP contribution in [0, 0.1) is 0 Å². The van der Waals surface area contributed by atoms with Gasteiger partial charge in [0, 0.05) is 37.8 Å². The van der Waals surface area contributed by atoms with Gasteiger partial charge in [-0.15, -0.1) is 0 Å². The molecule has 0 bridgehead atoms. The van der Waals surface area contributed by atoms with Gasteiger partial charge in [0.15, 0.2) is 0 Å². The highest BCUT2D eigenvalue weighted by Crippen LogP contribution is 2.22. The molecule has 0 aromatic heterocycles. The first-order valence-electron chi connectivity index (χ1n) is 8.34. The lowest BCUT2D eigenvalue weighted by Crippen LogP contribution is -2.49. The van der Waals surface area contributed by atoms with Gasteiger partial charge in [-0.3, -0.25) is 0 Å². The second-order valence-corrected chi connectivity index (χ2v) is 6.88. The minimum Gasteiger partial charge on any atom is -0.311 e. The lowest BCUT2D eigenvalue weighted by molar-refractivity contribution is 0.150. The molecule has 0 radical (unpaired) electrons. The lowest BCUT2D eigenvalue weighted by Gasteiger charge is -2.35. The van der Waals surface area contributed by atoms with Crippen LogP contribution >= 0.6 is 0 Å². The van der Waals surface area contributed by atoms with Gasteiger partial charge in [-0.05, 0) is 39.3 Å². The Balaban J connectivity index is 1.67. The van der Waals surface area contributed by atoms with Gasteiger partial charge in [-0.25, -0.2) is 0 Å². The smallest absolute Gasteiger partial charge is 0.0197 e. The first-order valence-corrected chi connectivity index (χ1v) is 8.34. The zero-order valence-corrected chi connectivity index (χ0v) is 13.2. The predicted octanol–water partition coefficient (Wildman–Crippen LogP) is 2.32. The molecular weight excluding hydrogens is 234 g/mol. The summed E-state index contributed by atoms with van der Waals surface area (Å²) in [5.41, 5.74) is 0. The third-order valence-corrected chi connectivity index (χ3v) is 4.79. The van der Waals surface area contributed by atoms with Crippen molar-refractivity contribution in [2.24, 2.45) is 0 Å². The second-order valence-electron chi connectivity index (χ2n) is 6.88. The van der Waals surface area contributed by atoms with E-state index in [-0.39, 0.29) is 0 Å². The van der Waals surface area contributed by atoms with Crippen molar-refractivity contribution < 1.29 is 0 Å². The summed E-state index contributed by atoms with van der Waals surface area (Å²) in [6, 6.07) is 2.20. The Kier molecular flexibility index (Phi) is 6.11. The van der Waals surface area contributed by atoms with Crippen LogP contribution in [0.15, 0.2) is 0 Å². The zero-order valence-electron chi connectivity index (χ0n) is 13.2. The Bertz CT molecular complexity index is 248. The van der Waals surface area contributed by atoms with E-state index in [0.717, 1.165) is 6.04 Å². The maximum atomic E-state index is 3.70. The maximum absolute atomic E-state index is 3.70. The molecule has 1 atom stereocenters. The first kappa shape index (κ1) is 15.3. The molecule has 0 aromatic carbocycles. The number of nitrogens with one attached hydrogen (secondary N) is 1. The molecule has 0 aromatic rings. The van der Waals surface area contributed by atoms with Gasteiger partial charge in [0.2, 0.25) is 0 Å². The van der Waals surface area contributed by atoms with E-state index in [4.69, 9.17) is 0 Å². The highest BCUT2D eigenvalue weighted by molar-refractivity contribution is 4.81. The highest BCUT2D eigenvalue weighted by Gasteiger charge is 2.22. The fraction of sp³-hybridized carbons (Fsp3) is 1.00. The molecule has 3 nitrogen and oxygen atoms in total. The van der Waals surface area contributed by atoms with E-state index in [9.17, 15) is 0 Å². The van der Waals surface area contributed by atoms with Crippen LogP contribution in [0.5, 0.6) is 0 Å². The zero-order chi connectivity index (χ0) is 13.7. The van der Waals surface area contributed by atoms with E-state index in [2.05, 4.69) is 36.0 Å². The molecule has 2 rings (SSSR count). The fourth-order valence-electron chi connectivity index (χ4n) is 3.69. The normalized spacial score (nSPS) is 26.7.